The molecule has 1 aliphatic carbocycles. The number of aryl methyl sites for hydroxylation is 2. The lowest BCUT2D eigenvalue weighted by Gasteiger charge is -2.23. The Kier molecular flexibility index (Phi) is 8.49. The molecular formula is C26H35N3O4S. The van der Waals surface area contributed by atoms with Crippen molar-refractivity contribution in [3.8, 4) is 0 Å². The standard InChI is InChI=1S/C26H35N3O4S/c1-7-33-26(32)22-18(6)23(24(31)27-20-11-8-16(4)12-17(20)5)34-25(22)28-21(30)14-29(13-15(2)3)19-9-10-19/h8,11-12,15,19H,7,9-10,13-14H2,1-6H3,(H,27,31)(H,28,30). The van der Waals surface area contributed by atoms with Gasteiger partial charge >= 0.3 is 5.97 Å². The quantitative estimate of drug-likeness (QED) is 0.454. The van der Waals surface area contributed by atoms with Crippen LogP contribution < -0.4 is 10.6 Å². The van der Waals surface area contributed by atoms with Crippen LogP contribution in [0.5, 0.6) is 0 Å². The van der Waals surface area contributed by atoms with Gasteiger partial charge in [0, 0.05) is 18.3 Å². The number of anilines is 2. The van der Waals surface area contributed by atoms with E-state index in [-0.39, 0.29) is 30.5 Å². The van der Waals surface area contributed by atoms with Crippen LogP contribution in [-0.2, 0) is 9.53 Å². The summed E-state index contributed by atoms with van der Waals surface area (Å²) in [7, 11) is 0. The smallest absolute Gasteiger partial charge is 0.341 e. The molecule has 0 unspecified atom stereocenters. The Morgan fingerprint density at radius 1 is 1.15 bits per heavy atom. The fourth-order valence-electron chi connectivity index (χ4n) is 4.00. The molecule has 2 amide bonds. The largest absolute Gasteiger partial charge is 0.462 e. The Morgan fingerprint density at radius 2 is 1.85 bits per heavy atom. The van der Waals surface area contributed by atoms with Gasteiger partial charge in [0.05, 0.1) is 23.6 Å². The number of amides is 2. The molecule has 0 spiro atoms. The number of thiophene rings is 1. The van der Waals surface area contributed by atoms with E-state index < -0.39 is 5.97 Å². The van der Waals surface area contributed by atoms with E-state index in [1.165, 1.54) is 0 Å². The topological polar surface area (TPSA) is 87.7 Å². The molecule has 3 rings (SSSR count). The average molecular weight is 486 g/mol. The number of esters is 1. The molecule has 34 heavy (non-hydrogen) atoms. The number of ether oxygens (including phenoxy) is 1. The van der Waals surface area contributed by atoms with Crippen molar-refractivity contribution in [2.45, 2.75) is 60.4 Å². The molecule has 7 nitrogen and oxygen atoms in total. The third-order valence-electron chi connectivity index (χ3n) is 5.73. The highest BCUT2D eigenvalue weighted by molar-refractivity contribution is 7.19. The molecule has 1 aromatic carbocycles. The zero-order chi connectivity index (χ0) is 25.0. The van der Waals surface area contributed by atoms with Gasteiger partial charge in [-0.3, -0.25) is 14.5 Å². The highest BCUT2D eigenvalue weighted by Crippen LogP contribution is 2.35. The van der Waals surface area contributed by atoms with E-state index in [0.717, 1.165) is 41.9 Å². The predicted molar refractivity (Wildman–Crippen MR) is 137 cm³/mol. The molecule has 1 heterocycles. The molecule has 1 fully saturated rings. The normalized spacial score (nSPS) is 13.3. The summed E-state index contributed by atoms with van der Waals surface area (Å²) in [6.45, 7) is 12.9. The molecule has 0 saturated heterocycles. The van der Waals surface area contributed by atoms with E-state index in [9.17, 15) is 14.4 Å². The Hall–Kier alpha value is -2.71. The third kappa shape index (κ3) is 6.45. The zero-order valence-electron chi connectivity index (χ0n) is 20.9. The van der Waals surface area contributed by atoms with Gasteiger partial charge in [-0.2, -0.15) is 0 Å². The first kappa shape index (κ1) is 25.9. The first-order valence-electron chi connectivity index (χ1n) is 11.8. The van der Waals surface area contributed by atoms with Gasteiger partial charge in [0.25, 0.3) is 5.91 Å². The van der Waals surface area contributed by atoms with E-state index in [1.54, 1.807) is 13.8 Å². The minimum absolute atomic E-state index is 0.194. The van der Waals surface area contributed by atoms with Crippen LogP contribution in [0, 0.1) is 26.7 Å². The summed E-state index contributed by atoms with van der Waals surface area (Å²) >= 11 is 1.11. The molecule has 0 bridgehead atoms. The second-order valence-electron chi connectivity index (χ2n) is 9.36. The van der Waals surface area contributed by atoms with Crippen LogP contribution in [0.4, 0.5) is 10.7 Å². The maximum atomic E-state index is 13.1. The second kappa shape index (κ2) is 11.1. The first-order chi connectivity index (χ1) is 16.1. The lowest BCUT2D eigenvalue weighted by atomic mass is 10.1. The van der Waals surface area contributed by atoms with Crippen molar-refractivity contribution in [2.75, 3.05) is 30.3 Å². The number of carbonyl (C=O) groups excluding carboxylic acids is 3. The Bertz CT molecular complexity index is 1070. The first-order valence-corrected chi connectivity index (χ1v) is 12.6. The summed E-state index contributed by atoms with van der Waals surface area (Å²) in [5.41, 5.74) is 3.51. The summed E-state index contributed by atoms with van der Waals surface area (Å²) in [6.07, 6.45) is 2.21. The summed E-state index contributed by atoms with van der Waals surface area (Å²) < 4.78 is 5.23. The third-order valence-corrected chi connectivity index (χ3v) is 6.93. The van der Waals surface area contributed by atoms with Crippen LogP contribution in [0.25, 0.3) is 0 Å². The average Bonchev–Trinajstić information content (AvgIpc) is 3.53. The number of rotatable bonds is 10. The second-order valence-corrected chi connectivity index (χ2v) is 10.4. The number of nitrogens with one attached hydrogen (secondary N) is 2. The molecule has 1 aromatic heterocycles. The van der Waals surface area contributed by atoms with Crippen molar-refractivity contribution in [3.05, 3.63) is 45.3 Å². The van der Waals surface area contributed by atoms with Gasteiger partial charge in [0.15, 0.2) is 0 Å². The summed E-state index contributed by atoms with van der Waals surface area (Å²) in [5.74, 6) is -0.605. The summed E-state index contributed by atoms with van der Waals surface area (Å²) in [4.78, 5) is 41.4. The van der Waals surface area contributed by atoms with Crippen LogP contribution in [0.15, 0.2) is 18.2 Å². The van der Waals surface area contributed by atoms with Crippen molar-refractivity contribution in [3.63, 3.8) is 0 Å². The van der Waals surface area contributed by atoms with E-state index in [0.29, 0.717) is 33.1 Å². The summed E-state index contributed by atoms with van der Waals surface area (Å²) in [6, 6.07) is 6.24. The van der Waals surface area contributed by atoms with Crippen LogP contribution in [0.3, 0.4) is 0 Å². The fraction of sp³-hybridized carbons (Fsp3) is 0.500. The van der Waals surface area contributed by atoms with Gasteiger partial charge in [0.1, 0.15) is 5.00 Å². The Labute approximate surface area is 205 Å². The van der Waals surface area contributed by atoms with Crippen LogP contribution in [0.1, 0.15) is 70.3 Å². The van der Waals surface area contributed by atoms with Gasteiger partial charge in [-0.1, -0.05) is 31.5 Å². The molecule has 1 saturated carbocycles. The van der Waals surface area contributed by atoms with Crippen molar-refractivity contribution >= 4 is 39.8 Å². The van der Waals surface area contributed by atoms with Crippen molar-refractivity contribution < 1.29 is 19.1 Å². The van der Waals surface area contributed by atoms with Crippen molar-refractivity contribution in [2.24, 2.45) is 5.92 Å². The number of hydrogen-bond donors (Lipinski definition) is 2. The van der Waals surface area contributed by atoms with Crippen LogP contribution in [0.2, 0.25) is 0 Å². The lowest BCUT2D eigenvalue weighted by molar-refractivity contribution is -0.117. The SMILES string of the molecule is CCOC(=O)c1c(NC(=O)CN(CC(C)C)C2CC2)sc(C(=O)Nc2ccc(C)cc2C)c1C. The molecular weight excluding hydrogens is 450 g/mol. The summed E-state index contributed by atoms with van der Waals surface area (Å²) in [5, 5.41) is 6.18. The van der Waals surface area contributed by atoms with Gasteiger partial charge < -0.3 is 15.4 Å². The molecule has 0 aliphatic heterocycles. The monoisotopic (exact) mass is 485 g/mol. The van der Waals surface area contributed by atoms with Crippen LogP contribution >= 0.6 is 11.3 Å². The molecule has 0 radical (unpaired) electrons. The highest BCUT2D eigenvalue weighted by Gasteiger charge is 2.32. The number of carbonyl (C=O) groups is 3. The van der Waals surface area contributed by atoms with Gasteiger partial charge in [-0.25, -0.2) is 4.79 Å². The maximum absolute atomic E-state index is 13.1. The predicted octanol–water partition coefficient (Wildman–Crippen LogP) is 5.16. The molecule has 184 valence electrons. The van der Waals surface area contributed by atoms with Gasteiger partial charge in [-0.15, -0.1) is 11.3 Å². The number of hydrogen-bond acceptors (Lipinski definition) is 6. The van der Waals surface area contributed by atoms with E-state index >= 15 is 0 Å². The van der Waals surface area contributed by atoms with Gasteiger partial charge in [0.2, 0.25) is 5.91 Å². The fourth-order valence-corrected chi connectivity index (χ4v) is 5.11. The van der Waals surface area contributed by atoms with Gasteiger partial charge in [-0.05, 0) is 63.6 Å². The Morgan fingerprint density at radius 3 is 2.44 bits per heavy atom. The number of nitrogens with zero attached hydrogens (tertiary/aromatic N) is 1. The molecule has 8 heteroatoms. The Balaban J connectivity index is 1.84. The van der Waals surface area contributed by atoms with E-state index in [1.807, 2.05) is 32.0 Å². The number of benzene rings is 1. The van der Waals surface area contributed by atoms with E-state index in [4.69, 9.17) is 4.74 Å². The maximum Gasteiger partial charge on any atom is 0.341 e. The highest BCUT2D eigenvalue weighted by atomic mass is 32.1. The minimum atomic E-state index is -0.543. The lowest BCUT2D eigenvalue weighted by Crippen LogP contribution is -2.37. The van der Waals surface area contributed by atoms with Crippen molar-refractivity contribution in [1.29, 1.82) is 0 Å². The van der Waals surface area contributed by atoms with E-state index in [2.05, 4.69) is 29.4 Å². The minimum Gasteiger partial charge on any atom is -0.462 e. The molecule has 2 N–H and O–H groups in total. The molecule has 1 aliphatic rings. The van der Waals surface area contributed by atoms with Crippen molar-refractivity contribution in [1.82, 2.24) is 4.90 Å². The zero-order valence-corrected chi connectivity index (χ0v) is 21.7. The molecule has 0 atom stereocenters. The van der Waals surface area contributed by atoms with Crippen LogP contribution in [-0.4, -0.2) is 48.4 Å². The molecule has 2 aromatic rings.